The summed E-state index contributed by atoms with van der Waals surface area (Å²) >= 11 is 1.09. The van der Waals surface area contributed by atoms with Gasteiger partial charge in [-0.25, -0.2) is 13.4 Å². The van der Waals surface area contributed by atoms with Crippen LogP contribution in [0.25, 0.3) is 0 Å². The van der Waals surface area contributed by atoms with E-state index in [2.05, 4.69) is 15.0 Å². The van der Waals surface area contributed by atoms with Gasteiger partial charge in [0.15, 0.2) is 10.0 Å². The van der Waals surface area contributed by atoms with E-state index in [-0.39, 0.29) is 5.13 Å². The molecule has 0 saturated heterocycles. The van der Waals surface area contributed by atoms with Crippen molar-refractivity contribution in [2.45, 2.75) is 11.8 Å². The molecule has 0 aliphatic rings. The van der Waals surface area contributed by atoms with Crippen LogP contribution in [0.5, 0.6) is 0 Å². The van der Waals surface area contributed by atoms with Gasteiger partial charge in [0.05, 0.1) is 4.92 Å². The highest BCUT2D eigenvalue weighted by Crippen LogP contribution is 2.29. The molecule has 21 heavy (non-hydrogen) atoms. The van der Waals surface area contributed by atoms with E-state index >= 15 is 0 Å². The number of aromatic nitrogens is 1. The van der Waals surface area contributed by atoms with Crippen molar-refractivity contribution in [3.05, 3.63) is 39.9 Å². The molecule has 1 aromatic heterocycles. The van der Waals surface area contributed by atoms with Gasteiger partial charge in [0.25, 0.3) is 15.7 Å². The van der Waals surface area contributed by atoms with Gasteiger partial charge < -0.3 is 5.32 Å². The van der Waals surface area contributed by atoms with E-state index in [1.54, 1.807) is 5.38 Å². The van der Waals surface area contributed by atoms with Gasteiger partial charge >= 0.3 is 0 Å². The molecular weight excluding hydrogens is 316 g/mol. The number of nitro groups is 1. The van der Waals surface area contributed by atoms with Crippen LogP contribution < -0.4 is 10.0 Å². The van der Waals surface area contributed by atoms with E-state index < -0.39 is 25.5 Å². The number of hydrogen-bond acceptors (Lipinski definition) is 7. The Morgan fingerprint density at radius 1 is 1.43 bits per heavy atom. The van der Waals surface area contributed by atoms with E-state index in [0.717, 1.165) is 11.3 Å². The lowest BCUT2D eigenvalue weighted by Gasteiger charge is -2.08. The predicted octanol–water partition coefficient (Wildman–Crippen LogP) is 2.28. The first kappa shape index (κ1) is 15.2. The minimum Gasteiger partial charge on any atom is -0.385 e. The first-order chi connectivity index (χ1) is 9.94. The van der Waals surface area contributed by atoms with Gasteiger partial charge in [0, 0.05) is 29.9 Å². The number of nitrogens with zero attached hydrogens (tertiary/aromatic N) is 2. The van der Waals surface area contributed by atoms with Crippen LogP contribution >= 0.6 is 11.3 Å². The Labute approximate surface area is 125 Å². The van der Waals surface area contributed by atoms with Crippen LogP contribution in [0.3, 0.4) is 0 Å². The summed E-state index contributed by atoms with van der Waals surface area (Å²) in [6.07, 6.45) is 1.44. The molecule has 112 valence electrons. The first-order valence-electron chi connectivity index (χ1n) is 5.88. The minimum atomic E-state index is -4.06. The normalized spacial score (nSPS) is 11.1. The molecule has 0 amide bonds. The van der Waals surface area contributed by atoms with E-state index in [0.29, 0.717) is 12.2 Å². The summed E-state index contributed by atoms with van der Waals surface area (Å²) in [4.78, 5) is 13.8. The fourth-order valence-electron chi connectivity index (χ4n) is 1.65. The molecule has 0 atom stereocenters. The highest BCUT2D eigenvalue weighted by atomic mass is 32.2. The molecule has 8 nitrogen and oxygen atoms in total. The van der Waals surface area contributed by atoms with Gasteiger partial charge in [-0.2, -0.15) is 0 Å². The van der Waals surface area contributed by atoms with Gasteiger partial charge in [0.2, 0.25) is 0 Å². The molecule has 0 radical (unpaired) electrons. The van der Waals surface area contributed by atoms with Crippen LogP contribution in [-0.4, -0.2) is 24.9 Å². The number of sulfonamides is 1. The Hall–Kier alpha value is -2.20. The molecule has 0 saturated carbocycles. The molecule has 2 rings (SSSR count). The summed E-state index contributed by atoms with van der Waals surface area (Å²) in [5.41, 5.74) is -0.00472. The fourth-order valence-corrected chi connectivity index (χ4v) is 3.59. The second-order valence-corrected chi connectivity index (χ2v) is 6.46. The Morgan fingerprint density at radius 2 is 2.19 bits per heavy atom. The number of nitro benzene ring substituents is 1. The molecule has 2 aromatic rings. The number of rotatable bonds is 6. The largest absolute Gasteiger partial charge is 0.385 e. The number of nitrogens with one attached hydrogen (secondary N) is 2. The third kappa shape index (κ3) is 3.47. The average molecular weight is 328 g/mol. The Morgan fingerprint density at radius 3 is 2.76 bits per heavy atom. The summed E-state index contributed by atoms with van der Waals surface area (Å²) in [6, 6.07) is 3.87. The SMILES string of the molecule is CCNc1ccc(S(=O)(=O)Nc2nccs2)c([N+](=O)[O-])c1. The van der Waals surface area contributed by atoms with Crippen molar-refractivity contribution in [2.75, 3.05) is 16.6 Å². The topological polar surface area (TPSA) is 114 Å². The van der Waals surface area contributed by atoms with Crippen molar-refractivity contribution >= 4 is 37.9 Å². The standard InChI is InChI=1S/C11H12N4O4S2/c1-2-12-8-3-4-10(9(7-8)15(16)17)21(18,19)14-11-13-5-6-20-11/h3-7,12H,2H2,1H3,(H,13,14). The maximum atomic E-state index is 12.2. The Kier molecular flexibility index (Phi) is 4.38. The van der Waals surface area contributed by atoms with E-state index in [1.807, 2.05) is 6.92 Å². The third-order valence-electron chi connectivity index (χ3n) is 2.48. The summed E-state index contributed by atoms with van der Waals surface area (Å²) in [5.74, 6) is 0. The lowest BCUT2D eigenvalue weighted by molar-refractivity contribution is -0.387. The summed E-state index contributed by atoms with van der Waals surface area (Å²) in [7, 11) is -4.06. The molecule has 1 aromatic carbocycles. The highest BCUT2D eigenvalue weighted by molar-refractivity contribution is 7.93. The smallest absolute Gasteiger partial charge is 0.291 e. The summed E-state index contributed by atoms with van der Waals surface area (Å²) in [6.45, 7) is 2.40. The fraction of sp³-hybridized carbons (Fsp3) is 0.182. The van der Waals surface area contributed by atoms with Crippen molar-refractivity contribution in [3.8, 4) is 0 Å². The minimum absolute atomic E-state index is 0.153. The van der Waals surface area contributed by atoms with Crippen molar-refractivity contribution in [1.29, 1.82) is 0 Å². The molecule has 0 aliphatic heterocycles. The second-order valence-electron chi connectivity index (χ2n) is 3.91. The van der Waals surface area contributed by atoms with Crippen molar-refractivity contribution in [1.82, 2.24) is 4.98 Å². The summed E-state index contributed by atoms with van der Waals surface area (Å²) in [5, 5.41) is 15.7. The van der Waals surface area contributed by atoms with E-state index in [4.69, 9.17) is 0 Å². The van der Waals surface area contributed by atoms with Crippen LogP contribution in [0.2, 0.25) is 0 Å². The van der Waals surface area contributed by atoms with Gasteiger partial charge in [0.1, 0.15) is 0 Å². The van der Waals surface area contributed by atoms with Crippen LogP contribution in [-0.2, 0) is 10.0 Å². The molecule has 1 heterocycles. The Balaban J connectivity index is 2.44. The number of thiazole rings is 1. The van der Waals surface area contributed by atoms with Gasteiger partial charge in [-0.05, 0) is 19.1 Å². The van der Waals surface area contributed by atoms with Gasteiger partial charge in [-0.15, -0.1) is 11.3 Å². The second kappa shape index (κ2) is 6.06. The van der Waals surface area contributed by atoms with Crippen molar-refractivity contribution in [2.24, 2.45) is 0 Å². The zero-order chi connectivity index (χ0) is 15.5. The molecule has 10 heteroatoms. The molecule has 0 spiro atoms. The molecule has 0 fully saturated rings. The third-order valence-corrected chi connectivity index (χ3v) is 4.68. The Bertz CT molecular complexity index is 744. The van der Waals surface area contributed by atoms with Crippen molar-refractivity contribution < 1.29 is 13.3 Å². The quantitative estimate of drug-likeness (QED) is 0.621. The van der Waals surface area contributed by atoms with E-state index in [1.165, 1.54) is 24.4 Å². The number of benzene rings is 1. The monoisotopic (exact) mass is 328 g/mol. The predicted molar refractivity (Wildman–Crippen MR) is 80.2 cm³/mol. The van der Waals surface area contributed by atoms with Crippen LogP contribution in [0.4, 0.5) is 16.5 Å². The molecule has 2 N–H and O–H groups in total. The zero-order valence-electron chi connectivity index (χ0n) is 10.9. The average Bonchev–Trinajstić information content (AvgIpc) is 2.91. The van der Waals surface area contributed by atoms with E-state index in [9.17, 15) is 18.5 Å². The lowest BCUT2D eigenvalue weighted by Crippen LogP contribution is -2.14. The molecule has 0 unspecified atom stereocenters. The highest BCUT2D eigenvalue weighted by Gasteiger charge is 2.26. The number of anilines is 2. The maximum Gasteiger partial charge on any atom is 0.291 e. The van der Waals surface area contributed by atoms with Gasteiger partial charge in [-0.3, -0.25) is 14.8 Å². The number of hydrogen-bond donors (Lipinski definition) is 2. The maximum absolute atomic E-state index is 12.2. The van der Waals surface area contributed by atoms with Crippen LogP contribution in [0.15, 0.2) is 34.7 Å². The van der Waals surface area contributed by atoms with Crippen molar-refractivity contribution in [3.63, 3.8) is 0 Å². The molecule has 0 bridgehead atoms. The zero-order valence-corrected chi connectivity index (χ0v) is 12.6. The van der Waals surface area contributed by atoms with Crippen LogP contribution in [0, 0.1) is 10.1 Å². The van der Waals surface area contributed by atoms with Crippen LogP contribution in [0.1, 0.15) is 6.92 Å². The lowest BCUT2D eigenvalue weighted by atomic mass is 10.3. The first-order valence-corrected chi connectivity index (χ1v) is 8.25. The molecule has 0 aliphatic carbocycles. The summed E-state index contributed by atoms with van der Waals surface area (Å²) < 4.78 is 26.7. The molecular formula is C11H12N4O4S2. The van der Waals surface area contributed by atoms with Gasteiger partial charge in [-0.1, -0.05) is 0 Å².